The lowest BCUT2D eigenvalue weighted by Gasteiger charge is -2.16. The summed E-state index contributed by atoms with van der Waals surface area (Å²) < 4.78 is 24.6. The second kappa shape index (κ2) is 6.48. The number of hydrogen-bond donors (Lipinski definition) is 1. The van der Waals surface area contributed by atoms with Crippen LogP contribution in [0.1, 0.15) is 37.0 Å². The molecular formula is C15H20N2O4S. The van der Waals surface area contributed by atoms with Crippen LogP contribution in [-0.4, -0.2) is 32.5 Å². The van der Waals surface area contributed by atoms with Crippen molar-refractivity contribution in [3.8, 4) is 0 Å². The Hall–Kier alpha value is -1.89. The summed E-state index contributed by atoms with van der Waals surface area (Å²) in [6, 6.07) is 6.13. The van der Waals surface area contributed by atoms with Crippen molar-refractivity contribution < 1.29 is 18.0 Å². The van der Waals surface area contributed by atoms with Crippen LogP contribution in [0.5, 0.6) is 0 Å². The molecule has 1 aliphatic rings. The molecule has 1 heterocycles. The van der Waals surface area contributed by atoms with Gasteiger partial charge in [0.25, 0.3) is 5.91 Å². The molecule has 7 heteroatoms. The van der Waals surface area contributed by atoms with E-state index >= 15 is 0 Å². The van der Waals surface area contributed by atoms with E-state index in [2.05, 4.69) is 19.2 Å². The van der Waals surface area contributed by atoms with Gasteiger partial charge in [-0.2, -0.15) is 0 Å². The van der Waals surface area contributed by atoms with Gasteiger partial charge in [0.1, 0.15) is 0 Å². The first kappa shape index (κ1) is 16.5. The summed E-state index contributed by atoms with van der Waals surface area (Å²) in [5.74, 6) is -0.431. The number of anilines is 1. The van der Waals surface area contributed by atoms with Gasteiger partial charge >= 0.3 is 0 Å². The zero-order valence-corrected chi connectivity index (χ0v) is 13.5. The highest BCUT2D eigenvalue weighted by Gasteiger charge is 2.36. The minimum atomic E-state index is -3.61. The van der Waals surface area contributed by atoms with Crippen LogP contribution in [-0.2, 0) is 14.8 Å². The number of carbonyl (C=O) groups is 2. The number of nitrogens with zero attached hydrogens (tertiary/aromatic N) is 1. The van der Waals surface area contributed by atoms with E-state index in [0.29, 0.717) is 18.0 Å². The van der Waals surface area contributed by atoms with Crippen molar-refractivity contribution in [1.82, 2.24) is 5.32 Å². The number of amides is 2. The summed E-state index contributed by atoms with van der Waals surface area (Å²) in [4.78, 5) is 23.8. The average molecular weight is 324 g/mol. The maximum Gasteiger partial charge on any atom is 0.251 e. The van der Waals surface area contributed by atoms with Crippen LogP contribution in [0.2, 0.25) is 0 Å². The number of hydrogen-bond acceptors (Lipinski definition) is 4. The Morgan fingerprint density at radius 2 is 2.09 bits per heavy atom. The molecular weight excluding hydrogens is 304 g/mol. The SMILES string of the molecule is CC(C)CCNC(=O)c1cccc(N2C(=O)CCS2(=O)=O)c1. The number of nitrogens with one attached hydrogen (secondary N) is 1. The smallest absolute Gasteiger partial charge is 0.251 e. The first-order chi connectivity index (χ1) is 10.3. The van der Waals surface area contributed by atoms with E-state index < -0.39 is 15.9 Å². The van der Waals surface area contributed by atoms with E-state index in [1.165, 1.54) is 12.1 Å². The quantitative estimate of drug-likeness (QED) is 0.890. The van der Waals surface area contributed by atoms with E-state index in [0.717, 1.165) is 10.7 Å². The van der Waals surface area contributed by atoms with Gasteiger partial charge in [-0.3, -0.25) is 9.59 Å². The molecule has 0 aromatic heterocycles. The highest BCUT2D eigenvalue weighted by molar-refractivity contribution is 7.94. The molecule has 0 spiro atoms. The van der Waals surface area contributed by atoms with Crippen LogP contribution in [0.25, 0.3) is 0 Å². The number of rotatable bonds is 5. The number of carbonyl (C=O) groups excluding carboxylic acids is 2. The van der Waals surface area contributed by atoms with E-state index in [4.69, 9.17) is 0 Å². The Labute approximate surface area is 130 Å². The van der Waals surface area contributed by atoms with Crippen LogP contribution in [0.3, 0.4) is 0 Å². The average Bonchev–Trinajstić information content (AvgIpc) is 2.72. The summed E-state index contributed by atoms with van der Waals surface area (Å²) in [7, 11) is -3.61. The topological polar surface area (TPSA) is 83.6 Å². The monoisotopic (exact) mass is 324 g/mol. The molecule has 2 amide bonds. The fourth-order valence-corrected chi connectivity index (χ4v) is 3.67. The van der Waals surface area contributed by atoms with E-state index in [-0.39, 0.29) is 23.8 Å². The summed E-state index contributed by atoms with van der Waals surface area (Å²) in [5, 5.41) is 2.79. The highest BCUT2D eigenvalue weighted by atomic mass is 32.2. The van der Waals surface area contributed by atoms with Crippen LogP contribution in [0.15, 0.2) is 24.3 Å². The second-order valence-corrected chi connectivity index (χ2v) is 7.65. The molecule has 6 nitrogen and oxygen atoms in total. The molecule has 1 fully saturated rings. The van der Waals surface area contributed by atoms with Crippen molar-refractivity contribution in [2.75, 3.05) is 16.6 Å². The molecule has 1 aliphatic heterocycles. The molecule has 0 unspecified atom stereocenters. The lowest BCUT2D eigenvalue weighted by atomic mass is 10.1. The van der Waals surface area contributed by atoms with E-state index in [1.54, 1.807) is 12.1 Å². The standard InChI is InChI=1S/C15H20N2O4S/c1-11(2)6-8-16-15(19)12-4-3-5-13(10-12)17-14(18)7-9-22(17,20)21/h3-5,10-11H,6-9H2,1-2H3,(H,16,19). The molecule has 22 heavy (non-hydrogen) atoms. The van der Waals surface area contributed by atoms with Crippen molar-refractivity contribution >= 4 is 27.5 Å². The van der Waals surface area contributed by atoms with Gasteiger partial charge < -0.3 is 5.32 Å². The van der Waals surface area contributed by atoms with Gasteiger partial charge in [-0.1, -0.05) is 19.9 Å². The zero-order valence-electron chi connectivity index (χ0n) is 12.7. The Bertz CT molecular complexity index is 683. The minimum absolute atomic E-state index is 0.0207. The van der Waals surface area contributed by atoms with Crippen molar-refractivity contribution in [2.24, 2.45) is 5.92 Å². The predicted molar refractivity (Wildman–Crippen MR) is 84.1 cm³/mol. The van der Waals surface area contributed by atoms with Crippen molar-refractivity contribution in [2.45, 2.75) is 26.7 Å². The summed E-state index contributed by atoms with van der Waals surface area (Å²) in [6.07, 6.45) is 0.845. The van der Waals surface area contributed by atoms with Gasteiger partial charge in [0.05, 0.1) is 11.4 Å². The molecule has 2 rings (SSSR count). The Balaban J connectivity index is 2.17. The van der Waals surface area contributed by atoms with E-state index in [1.807, 2.05) is 0 Å². The maximum absolute atomic E-state index is 12.1. The van der Waals surface area contributed by atoms with Gasteiger partial charge in [0, 0.05) is 18.5 Å². The summed E-state index contributed by atoms with van der Waals surface area (Å²) in [6.45, 7) is 4.69. The Kier molecular flexibility index (Phi) is 4.85. The third-order valence-corrected chi connectivity index (χ3v) is 5.12. The lowest BCUT2D eigenvalue weighted by Crippen LogP contribution is -2.30. The molecule has 1 aromatic rings. The Morgan fingerprint density at radius 3 is 2.68 bits per heavy atom. The fraction of sp³-hybridized carbons (Fsp3) is 0.467. The third-order valence-electron chi connectivity index (χ3n) is 3.43. The second-order valence-electron chi connectivity index (χ2n) is 5.71. The predicted octanol–water partition coefficient (Wildman–Crippen LogP) is 1.53. The van der Waals surface area contributed by atoms with Gasteiger partial charge in [0.15, 0.2) is 0 Å². The molecule has 0 radical (unpaired) electrons. The van der Waals surface area contributed by atoms with E-state index in [9.17, 15) is 18.0 Å². The summed E-state index contributed by atoms with van der Waals surface area (Å²) in [5.41, 5.74) is 0.565. The number of benzene rings is 1. The van der Waals surface area contributed by atoms with Crippen LogP contribution < -0.4 is 9.62 Å². The number of sulfonamides is 1. The minimum Gasteiger partial charge on any atom is -0.352 e. The molecule has 0 bridgehead atoms. The van der Waals surface area contributed by atoms with Crippen molar-refractivity contribution in [3.63, 3.8) is 0 Å². The lowest BCUT2D eigenvalue weighted by molar-refractivity contribution is -0.116. The maximum atomic E-state index is 12.1. The third kappa shape index (κ3) is 3.65. The normalized spacial score (nSPS) is 17.0. The summed E-state index contributed by atoms with van der Waals surface area (Å²) >= 11 is 0. The highest BCUT2D eigenvalue weighted by Crippen LogP contribution is 2.25. The van der Waals surface area contributed by atoms with Crippen molar-refractivity contribution in [3.05, 3.63) is 29.8 Å². The zero-order chi connectivity index (χ0) is 16.3. The van der Waals surface area contributed by atoms with Crippen LogP contribution in [0, 0.1) is 5.92 Å². The van der Waals surface area contributed by atoms with Crippen LogP contribution >= 0.6 is 0 Å². The Morgan fingerprint density at radius 1 is 1.36 bits per heavy atom. The molecule has 1 aromatic carbocycles. The molecule has 0 atom stereocenters. The van der Waals surface area contributed by atoms with Gasteiger partial charge in [0.2, 0.25) is 15.9 Å². The first-order valence-electron chi connectivity index (χ1n) is 7.25. The molecule has 0 saturated carbocycles. The molecule has 1 N–H and O–H groups in total. The molecule has 1 saturated heterocycles. The largest absolute Gasteiger partial charge is 0.352 e. The van der Waals surface area contributed by atoms with Gasteiger partial charge in [-0.25, -0.2) is 12.7 Å². The van der Waals surface area contributed by atoms with Crippen molar-refractivity contribution in [1.29, 1.82) is 0 Å². The molecule has 0 aliphatic carbocycles. The van der Waals surface area contributed by atoms with Gasteiger partial charge in [-0.15, -0.1) is 0 Å². The molecule has 120 valence electrons. The fourth-order valence-electron chi connectivity index (χ4n) is 2.22. The van der Waals surface area contributed by atoms with Gasteiger partial charge in [-0.05, 0) is 30.5 Å². The van der Waals surface area contributed by atoms with Crippen LogP contribution in [0.4, 0.5) is 5.69 Å². The first-order valence-corrected chi connectivity index (χ1v) is 8.86.